The highest BCUT2D eigenvalue weighted by Gasteiger charge is 2.50. The van der Waals surface area contributed by atoms with Gasteiger partial charge in [-0.3, -0.25) is 14.4 Å². The number of carboxylic acid groups (broad SMARTS) is 1. The molecule has 1 rings (SSSR count). The molecule has 1 aliphatic rings. The summed E-state index contributed by atoms with van der Waals surface area (Å²) in [7, 11) is 0. The molecule has 6 unspecified atom stereocenters. The van der Waals surface area contributed by atoms with Crippen molar-refractivity contribution in [2.45, 2.75) is 314 Å². The Morgan fingerprint density at radius 3 is 1.22 bits per heavy atom. The summed E-state index contributed by atoms with van der Waals surface area (Å²) < 4.78 is 28.5. The molecule has 1 saturated heterocycles. The van der Waals surface area contributed by atoms with Gasteiger partial charge in [0, 0.05) is 19.3 Å². The first-order chi connectivity index (χ1) is 39.6. The van der Waals surface area contributed by atoms with Crippen molar-refractivity contribution >= 4 is 23.9 Å². The van der Waals surface area contributed by atoms with Crippen LogP contribution in [-0.4, -0.2) is 89.2 Å². The fourth-order valence-electron chi connectivity index (χ4n) is 9.48. The second-order valence-electron chi connectivity index (χ2n) is 22.0. The second-order valence-corrected chi connectivity index (χ2v) is 22.0. The lowest BCUT2D eigenvalue weighted by atomic mass is 9.98. The lowest BCUT2D eigenvalue weighted by Gasteiger charge is -2.40. The quantitative estimate of drug-likeness (QED) is 0.0228. The Kier molecular flexibility index (Phi) is 52.1. The fourth-order valence-corrected chi connectivity index (χ4v) is 9.48. The number of carboxylic acids is 1. The molecule has 3 N–H and O–H groups in total. The van der Waals surface area contributed by atoms with Crippen LogP contribution in [0.5, 0.6) is 0 Å². The van der Waals surface area contributed by atoms with Gasteiger partial charge in [-0.1, -0.05) is 247 Å². The van der Waals surface area contributed by atoms with E-state index in [-0.39, 0.29) is 25.9 Å². The zero-order valence-electron chi connectivity index (χ0n) is 51.3. The van der Waals surface area contributed by atoms with E-state index in [9.17, 15) is 34.5 Å². The number of unbranched alkanes of at least 4 members (excludes halogenated alkanes) is 27. The Labute approximate surface area is 492 Å². The summed E-state index contributed by atoms with van der Waals surface area (Å²) in [6, 6.07) is 0. The summed E-state index contributed by atoms with van der Waals surface area (Å²) in [5.41, 5.74) is 0. The van der Waals surface area contributed by atoms with Crippen LogP contribution in [0.25, 0.3) is 0 Å². The SMILES string of the molecule is CC/C=C\C/C=C\C/C=C\C/C=C\C/C=C\CCCCCC(=O)OC1C(OCC(COC(=O)CCCCCCCCCCCCCCCCCCC)OC(=O)CCCCCCC/C=C\C/C=C\CCCCC)OC(C(=O)O)C(O)C1O. The van der Waals surface area contributed by atoms with Gasteiger partial charge in [0.25, 0.3) is 0 Å². The van der Waals surface area contributed by atoms with E-state index >= 15 is 0 Å². The average Bonchev–Trinajstić information content (AvgIpc) is 3.54. The van der Waals surface area contributed by atoms with Crippen molar-refractivity contribution in [1.29, 1.82) is 0 Å². The molecular weight excluding hydrogens is 1020 g/mol. The molecule has 0 aromatic rings. The van der Waals surface area contributed by atoms with E-state index in [2.05, 4.69) is 106 Å². The molecule has 12 heteroatoms. The molecule has 0 saturated carbocycles. The molecule has 1 aliphatic heterocycles. The first kappa shape index (κ1) is 74.9. The normalized spacial score (nSPS) is 18.3. The maximum atomic E-state index is 13.2. The number of rotatable bonds is 55. The monoisotopic (exact) mass is 1140 g/mol. The molecule has 464 valence electrons. The van der Waals surface area contributed by atoms with Gasteiger partial charge in [0.05, 0.1) is 6.61 Å². The van der Waals surface area contributed by atoms with Crippen LogP contribution in [0.2, 0.25) is 0 Å². The number of carbonyl (C=O) groups is 4. The molecule has 0 spiro atoms. The third kappa shape index (κ3) is 46.0. The van der Waals surface area contributed by atoms with Gasteiger partial charge in [-0.2, -0.15) is 0 Å². The summed E-state index contributed by atoms with van der Waals surface area (Å²) in [5.74, 6) is -3.17. The fraction of sp³-hybridized carbons (Fsp3) is 0.739. The van der Waals surface area contributed by atoms with E-state index < -0.39 is 67.3 Å². The summed E-state index contributed by atoms with van der Waals surface area (Å²) >= 11 is 0. The number of aliphatic hydroxyl groups is 2. The van der Waals surface area contributed by atoms with Crippen molar-refractivity contribution in [1.82, 2.24) is 0 Å². The van der Waals surface area contributed by atoms with Crippen LogP contribution in [-0.2, 0) is 42.9 Å². The minimum absolute atomic E-state index is 0.0177. The molecule has 0 aliphatic carbocycles. The van der Waals surface area contributed by atoms with Crippen molar-refractivity contribution in [3.63, 3.8) is 0 Å². The summed E-state index contributed by atoms with van der Waals surface area (Å²) in [6.45, 7) is 5.86. The highest BCUT2D eigenvalue weighted by Crippen LogP contribution is 2.26. The van der Waals surface area contributed by atoms with Crippen LogP contribution in [0, 0.1) is 0 Å². The summed E-state index contributed by atoms with van der Waals surface area (Å²) in [6.07, 6.45) is 61.1. The van der Waals surface area contributed by atoms with Crippen molar-refractivity contribution < 1.29 is 58.2 Å². The van der Waals surface area contributed by atoms with Crippen LogP contribution in [0.15, 0.2) is 85.1 Å². The number of ether oxygens (including phenoxy) is 5. The van der Waals surface area contributed by atoms with E-state index in [1.807, 2.05) is 0 Å². The minimum atomic E-state index is -1.92. The minimum Gasteiger partial charge on any atom is -0.479 e. The molecular formula is C69H116O12. The van der Waals surface area contributed by atoms with Crippen molar-refractivity contribution in [3.8, 4) is 0 Å². The molecule has 6 atom stereocenters. The van der Waals surface area contributed by atoms with Crippen LogP contribution in [0.1, 0.15) is 278 Å². The number of allylic oxidation sites excluding steroid dienone is 14. The first-order valence-corrected chi connectivity index (χ1v) is 32.6. The third-order valence-electron chi connectivity index (χ3n) is 14.5. The standard InChI is InChI=1S/C69H116O12/c1-4-7-10-13-16-19-22-25-28-30-31-33-36-39-42-45-48-51-54-57-63(72)80-67-65(74)64(73)66(68(75)76)81-69(67)78-59-60(79-62(71)56-53-50-47-44-41-38-34-27-24-21-18-15-12-9-6-3)58-77-61(70)55-52-49-46-43-40-37-35-32-29-26-23-20-17-14-11-8-5-2/h7,10,16,18-19,21,25,27-28,31,33-34,39,42,60,64-67,69,73-74H,4-6,8-9,11-15,17,20,22-24,26,29-30,32,35-38,40-41,43-59H2,1-3H3,(H,75,76)/b10-7-,19-16-,21-18-,28-25-,33-31-,34-27-,42-39-. The second kappa shape index (κ2) is 56.4. The van der Waals surface area contributed by atoms with Gasteiger partial charge in [0.1, 0.15) is 18.8 Å². The Hall–Kier alpha value is -4.10. The van der Waals surface area contributed by atoms with Gasteiger partial charge < -0.3 is 39.0 Å². The van der Waals surface area contributed by atoms with E-state index in [4.69, 9.17) is 23.7 Å². The average molecular weight is 1140 g/mol. The van der Waals surface area contributed by atoms with E-state index in [0.29, 0.717) is 19.3 Å². The zero-order chi connectivity index (χ0) is 58.9. The van der Waals surface area contributed by atoms with Crippen LogP contribution in [0.4, 0.5) is 0 Å². The number of hydrogen-bond acceptors (Lipinski definition) is 11. The third-order valence-corrected chi connectivity index (χ3v) is 14.5. The van der Waals surface area contributed by atoms with E-state index in [1.165, 1.54) is 103 Å². The predicted molar refractivity (Wildman–Crippen MR) is 331 cm³/mol. The lowest BCUT2D eigenvalue weighted by molar-refractivity contribution is -0.301. The highest BCUT2D eigenvalue weighted by atomic mass is 16.7. The van der Waals surface area contributed by atoms with Gasteiger partial charge in [-0.15, -0.1) is 0 Å². The number of esters is 3. The first-order valence-electron chi connectivity index (χ1n) is 32.6. The smallest absolute Gasteiger partial charge is 0.335 e. The molecule has 12 nitrogen and oxygen atoms in total. The Morgan fingerprint density at radius 1 is 0.420 bits per heavy atom. The zero-order valence-corrected chi connectivity index (χ0v) is 51.3. The Morgan fingerprint density at radius 2 is 0.778 bits per heavy atom. The van der Waals surface area contributed by atoms with Crippen molar-refractivity contribution in [2.75, 3.05) is 13.2 Å². The molecule has 1 fully saturated rings. The summed E-state index contributed by atoms with van der Waals surface area (Å²) in [4.78, 5) is 51.3. The topological polar surface area (TPSA) is 175 Å². The molecule has 81 heavy (non-hydrogen) atoms. The van der Waals surface area contributed by atoms with Gasteiger partial charge >= 0.3 is 23.9 Å². The Balaban J connectivity index is 2.68. The van der Waals surface area contributed by atoms with E-state index in [1.54, 1.807) is 0 Å². The predicted octanol–water partition coefficient (Wildman–Crippen LogP) is 17.5. The number of aliphatic carboxylic acids is 1. The maximum Gasteiger partial charge on any atom is 0.335 e. The largest absolute Gasteiger partial charge is 0.479 e. The maximum absolute atomic E-state index is 13.2. The number of aliphatic hydroxyl groups excluding tert-OH is 2. The van der Waals surface area contributed by atoms with Crippen LogP contribution < -0.4 is 0 Å². The van der Waals surface area contributed by atoms with Crippen molar-refractivity contribution in [2.24, 2.45) is 0 Å². The molecule has 0 bridgehead atoms. The van der Waals surface area contributed by atoms with E-state index in [0.717, 1.165) is 116 Å². The molecule has 0 aromatic carbocycles. The summed E-state index contributed by atoms with van der Waals surface area (Å²) in [5, 5.41) is 31.6. The molecule has 0 aromatic heterocycles. The van der Waals surface area contributed by atoms with Crippen LogP contribution in [0.3, 0.4) is 0 Å². The molecule has 1 heterocycles. The molecule has 0 amide bonds. The number of hydrogen-bond donors (Lipinski definition) is 3. The van der Waals surface area contributed by atoms with Crippen molar-refractivity contribution in [3.05, 3.63) is 85.1 Å². The lowest BCUT2D eigenvalue weighted by Crippen LogP contribution is -2.61. The highest BCUT2D eigenvalue weighted by molar-refractivity contribution is 5.74. The molecule has 0 radical (unpaired) electrons. The van der Waals surface area contributed by atoms with Gasteiger partial charge in [-0.05, 0) is 96.3 Å². The van der Waals surface area contributed by atoms with Crippen LogP contribution >= 0.6 is 0 Å². The Bertz CT molecular complexity index is 1730. The number of carbonyl (C=O) groups excluding carboxylic acids is 3. The van der Waals surface area contributed by atoms with Gasteiger partial charge in [0.2, 0.25) is 0 Å². The van der Waals surface area contributed by atoms with Gasteiger partial charge in [0.15, 0.2) is 24.6 Å². The van der Waals surface area contributed by atoms with Gasteiger partial charge in [-0.25, -0.2) is 4.79 Å².